The monoisotopic (exact) mass is 328 g/mol. The van der Waals surface area contributed by atoms with Gasteiger partial charge in [0.15, 0.2) is 5.11 Å². The molecule has 2 N–H and O–H groups in total. The van der Waals surface area contributed by atoms with Gasteiger partial charge in [-0.1, -0.05) is 29.3 Å². The molecule has 2 nitrogen and oxygen atoms in total. The minimum absolute atomic E-state index is 0.293. The molecule has 0 aliphatic heterocycles. The Morgan fingerprint density at radius 2 is 1.85 bits per heavy atom. The van der Waals surface area contributed by atoms with Crippen LogP contribution in [0.3, 0.4) is 0 Å². The molecule has 0 saturated carbocycles. The summed E-state index contributed by atoms with van der Waals surface area (Å²) in [6.45, 7) is 1.70. The molecule has 104 valence electrons. The van der Waals surface area contributed by atoms with Crippen LogP contribution in [0.15, 0.2) is 36.4 Å². The van der Waals surface area contributed by atoms with E-state index >= 15 is 0 Å². The lowest BCUT2D eigenvalue weighted by Crippen LogP contribution is -2.19. The topological polar surface area (TPSA) is 24.1 Å². The molecule has 2 aromatic rings. The lowest BCUT2D eigenvalue weighted by molar-refractivity contribution is 0.619. The number of hydrogen-bond acceptors (Lipinski definition) is 1. The quantitative estimate of drug-likeness (QED) is 0.736. The van der Waals surface area contributed by atoms with Gasteiger partial charge in [-0.3, -0.25) is 0 Å². The first-order chi connectivity index (χ1) is 9.45. The van der Waals surface area contributed by atoms with Crippen molar-refractivity contribution in [1.29, 1.82) is 0 Å². The van der Waals surface area contributed by atoms with E-state index in [0.717, 1.165) is 0 Å². The zero-order chi connectivity index (χ0) is 14.7. The number of anilines is 2. The van der Waals surface area contributed by atoms with E-state index in [1.807, 2.05) is 0 Å². The van der Waals surface area contributed by atoms with E-state index in [2.05, 4.69) is 10.6 Å². The van der Waals surface area contributed by atoms with Crippen LogP contribution in [0.25, 0.3) is 0 Å². The first-order valence-corrected chi connectivity index (χ1v) is 6.91. The molecule has 2 aromatic carbocycles. The summed E-state index contributed by atoms with van der Waals surface area (Å²) in [6, 6.07) is 9.80. The lowest BCUT2D eigenvalue weighted by Gasteiger charge is -2.12. The van der Waals surface area contributed by atoms with Crippen molar-refractivity contribution in [3.63, 3.8) is 0 Å². The zero-order valence-corrected chi connectivity index (χ0v) is 12.8. The molecule has 0 amide bonds. The minimum Gasteiger partial charge on any atom is -0.332 e. The summed E-state index contributed by atoms with van der Waals surface area (Å²) in [5.41, 5.74) is 1.72. The number of hydrogen-bond donors (Lipinski definition) is 2. The van der Waals surface area contributed by atoms with E-state index in [4.69, 9.17) is 35.4 Å². The molecule has 0 saturated heterocycles. The van der Waals surface area contributed by atoms with Gasteiger partial charge < -0.3 is 10.6 Å². The van der Waals surface area contributed by atoms with Crippen LogP contribution in [0, 0.1) is 12.7 Å². The normalized spacial score (nSPS) is 10.2. The highest BCUT2D eigenvalue weighted by atomic mass is 35.5. The van der Waals surface area contributed by atoms with Gasteiger partial charge in [0.05, 0.1) is 10.7 Å². The van der Waals surface area contributed by atoms with Crippen molar-refractivity contribution in [3.8, 4) is 0 Å². The van der Waals surface area contributed by atoms with Crippen molar-refractivity contribution in [2.45, 2.75) is 6.92 Å². The van der Waals surface area contributed by atoms with Gasteiger partial charge in [-0.25, -0.2) is 4.39 Å². The Balaban J connectivity index is 2.09. The molecule has 0 fully saturated rings. The second kappa shape index (κ2) is 6.39. The third kappa shape index (κ3) is 3.82. The number of nitrogens with one attached hydrogen (secondary N) is 2. The zero-order valence-electron chi connectivity index (χ0n) is 10.5. The molecule has 0 bridgehead atoms. The maximum absolute atomic E-state index is 13.4. The molecule has 2 rings (SSSR count). The van der Waals surface area contributed by atoms with E-state index in [9.17, 15) is 4.39 Å². The highest BCUT2D eigenvalue weighted by molar-refractivity contribution is 7.80. The van der Waals surface area contributed by atoms with Crippen LogP contribution in [0.5, 0.6) is 0 Å². The predicted octanol–water partition coefficient (Wildman–Crippen LogP) is 5.25. The van der Waals surface area contributed by atoms with Crippen LogP contribution in [0.4, 0.5) is 15.8 Å². The molecule has 20 heavy (non-hydrogen) atoms. The lowest BCUT2D eigenvalue weighted by atomic mass is 10.2. The molecule has 0 atom stereocenters. The minimum atomic E-state index is -0.293. The molecular formula is C14H11Cl2FN2S. The van der Waals surface area contributed by atoms with E-state index in [0.29, 0.717) is 32.1 Å². The van der Waals surface area contributed by atoms with Crippen LogP contribution in [0.2, 0.25) is 10.0 Å². The Morgan fingerprint density at radius 3 is 2.55 bits per heavy atom. The summed E-state index contributed by atoms with van der Waals surface area (Å²) >= 11 is 17.1. The summed E-state index contributed by atoms with van der Waals surface area (Å²) in [5, 5.41) is 7.14. The molecule has 0 unspecified atom stereocenters. The number of thiocarbonyl (C=S) groups is 1. The Labute approximate surface area is 131 Å². The van der Waals surface area contributed by atoms with Gasteiger partial charge in [-0.05, 0) is 55.0 Å². The SMILES string of the molecule is Cc1ccc(NC(=S)Nc2cc(Cl)ccc2Cl)cc1F. The van der Waals surface area contributed by atoms with Crippen molar-refractivity contribution in [2.24, 2.45) is 0 Å². The average molecular weight is 329 g/mol. The van der Waals surface area contributed by atoms with Gasteiger partial charge in [0.1, 0.15) is 5.82 Å². The van der Waals surface area contributed by atoms with Crippen LogP contribution in [-0.2, 0) is 0 Å². The summed E-state index contributed by atoms with van der Waals surface area (Å²) in [7, 11) is 0. The van der Waals surface area contributed by atoms with E-state index < -0.39 is 0 Å². The number of rotatable bonds is 2. The van der Waals surface area contributed by atoms with Crippen LogP contribution in [0.1, 0.15) is 5.56 Å². The fourth-order valence-corrected chi connectivity index (χ4v) is 2.11. The van der Waals surface area contributed by atoms with Gasteiger partial charge >= 0.3 is 0 Å². The van der Waals surface area contributed by atoms with Crippen molar-refractivity contribution in [2.75, 3.05) is 10.6 Å². The summed E-state index contributed by atoms with van der Waals surface area (Å²) < 4.78 is 13.4. The molecule has 0 aromatic heterocycles. The fourth-order valence-electron chi connectivity index (χ4n) is 1.55. The molecule has 0 aliphatic carbocycles. The Kier molecular flexibility index (Phi) is 4.81. The summed E-state index contributed by atoms with van der Waals surface area (Å²) in [6.07, 6.45) is 0. The number of halogens is 3. The first-order valence-electron chi connectivity index (χ1n) is 5.75. The van der Waals surface area contributed by atoms with Gasteiger partial charge in [0, 0.05) is 10.7 Å². The number of benzene rings is 2. The van der Waals surface area contributed by atoms with Gasteiger partial charge in [-0.15, -0.1) is 0 Å². The smallest absolute Gasteiger partial charge is 0.175 e. The molecule has 0 radical (unpaired) electrons. The molecular weight excluding hydrogens is 318 g/mol. The molecule has 0 heterocycles. The highest BCUT2D eigenvalue weighted by Crippen LogP contribution is 2.25. The summed E-state index contributed by atoms with van der Waals surface area (Å²) in [4.78, 5) is 0. The van der Waals surface area contributed by atoms with Crippen LogP contribution < -0.4 is 10.6 Å². The van der Waals surface area contributed by atoms with Crippen molar-refractivity contribution >= 4 is 51.9 Å². The fraction of sp³-hybridized carbons (Fsp3) is 0.0714. The van der Waals surface area contributed by atoms with Gasteiger partial charge in [-0.2, -0.15) is 0 Å². The maximum Gasteiger partial charge on any atom is 0.175 e. The Bertz CT molecular complexity index is 662. The summed E-state index contributed by atoms with van der Waals surface area (Å²) in [5.74, 6) is -0.293. The van der Waals surface area contributed by atoms with E-state index in [1.54, 1.807) is 37.3 Å². The standard InChI is InChI=1S/C14H11Cl2FN2S/c1-8-2-4-10(7-12(8)17)18-14(20)19-13-6-9(15)3-5-11(13)16/h2-7H,1H3,(H2,18,19,20). The molecule has 0 spiro atoms. The third-order valence-corrected chi connectivity index (χ3v) is 3.38. The largest absolute Gasteiger partial charge is 0.332 e. The van der Waals surface area contributed by atoms with E-state index in [-0.39, 0.29) is 5.82 Å². The predicted molar refractivity (Wildman–Crippen MR) is 87.4 cm³/mol. The Hall–Kier alpha value is -1.36. The van der Waals surface area contributed by atoms with Crippen molar-refractivity contribution in [1.82, 2.24) is 0 Å². The highest BCUT2D eigenvalue weighted by Gasteiger charge is 2.05. The van der Waals surface area contributed by atoms with Crippen LogP contribution >= 0.6 is 35.4 Å². The second-order valence-electron chi connectivity index (χ2n) is 4.17. The van der Waals surface area contributed by atoms with Crippen LogP contribution in [-0.4, -0.2) is 5.11 Å². The van der Waals surface area contributed by atoms with Gasteiger partial charge in [0.2, 0.25) is 0 Å². The van der Waals surface area contributed by atoms with E-state index in [1.165, 1.54) is 6.07 Å². The maximum atomic E-state index is 13.4. The van der Waals surface area contributed by atoms with Gasteiger partial charge in [0.25, 0.3) is 0 Å². The van der Waals surface area contributed by atoms with Crippen molar-refractivity contribution < 1.29 is 4.39 Å². The Morgan fingerprint density at radius 1 is 1.10 bits per heavy atom. The second-order valence-corrected chi connectivity index (χ2v) is 5.42. The third-order valence-electron chi connectivity index (χ3n) is 2.61. The molecule has 6 heteroatoms. The number of aryl methyl sites for hydroxylation is 1. The average Bonchev–Trinajstić information content (AvgIpc) is 2.38. The first kappa shape index (κ1) is 15.0. The molecule has 0 aliphatic rings. The van der Waals surface area contributed by atoms with Crippen molar-refractivity contribution in [3.05, 3.63) is 57.8 Å².